The fourth-order valence-electron chi connectivity index (χ4n) is 5.15. The molecule has 4 nitrogen and oxygen atoms in total. The number of hydrogen-bond acceptors (Lipinski definition) is 3. The summed E-state index contributed by atoms with van der Waals surface area (Å²) in [6, 6.07) is 14.4. The minimum absolute atomic E-state index is 0.0520. The number of hydrogen-bond donors (Lipinski definition) is 2. The Balaban J connectivity index is 1.42. The van der Waals surface area contributed by atoms with E-state index in [9.17, 15) is 4.79 Å². The molecule has 1 amide bonds. The Hall–Kier alpha value is -2.85. The van der Waals surface area contributed by atoms with E-state index in [-0.39, 0.29) is 5.91 Å². The van der Waals surface area contributed by atoms with Crippen LogP contribution >= 0.6 is 0 Å². The first-order valence-corrected chi connectivity index (χ1v) is 12.2. The van der Waals surface area contributed by atoms with Crippen LogP contribution < -0.4 is 11.1 Å². The number of amides is 1. The monoisotopic (exact) mass is 443 g/mol. The number of nitrogens with one attached hydrogen (secondary N) is 1. The molecule has 1 heterocycles. The number of piperidine rings is 1. The van der Waals surface area contributed by atoms with Crippen molar-refractivity contribution in [3.8, 4) is 0 Å². The smallest absolute Gasteiger partial charge is 0.255 e. The summed E-state index contributed by atoms with van der Waals surface area (Å²) in [6.07, 6.45) is 7.80. The second-order valence-electron chi connectivity index (χ2n) is 9.87. The van der Waals surface area contributed by atoms with Crippen LogP contribution in [0.25, 0.3) is 11.8 Å². The SMILES string of the molecule is C/C=C(\N)c1ccc(C)c(/C=C(\C)NC(=O)c2cccc(C3CC3C3CCN(C)CC3)c2)c1. The summed E-state index contributed by atoms with van der Waals surface area (Å²) >= 11 is 0. The maximum Gasteiger partial charge on any atom is 0.255 e. The molecule has 0 aromatic heterocycles. The molecule has 3 N–H and O–H groups in total. The minimum atomic E-state index is -0.0520. The second kappa shape index (κ2) is 9.96. The van der Waals surface area contributed by atoms with Crippen molar-refractivity contribution >= 4 is 17.7 Å². The molecule has 0 bridgehead atoms. The van der Waals surface area contributed by atoms with Crippen LogP contribution in [-0.4, -0.2) is 30.9 Å². The Kier molecular flexibility index (Phi) is 7.04. The normalized spacial score (nSPS) is 22.3. The quantitative estimate of drug-likeness (QED) is 0.615. The van der Waals surface area contributed by atoms with Gasteiger partial charge >= 0.3 is 0 Å². The lowest BCUT2D eigenvalue weighted by atomic mass is 9.90. The first-order valence-electron chi connectivity index (χ1n) is 12.2. The van der Waals surface area contributed by atoms with Gasteiger partial charge in [0.1, 0.15) is 0 Å². The summed E-state index contributed by atoms with van der Waals surface area (Å²) < 4.78 is 0. The Morgan fingerprint density at radius 2 is 1.88 bits per heavy atom. The van der Waals surface area contributed by atoms with Crippen LogP contribution in [0.4, 0.5) is 0 Å². The maximum atomic E-state index is 13.0. The molecule has 1 saturated heterocycles. The molecule has 2 unspecified atom stereocenters. The van der Waals surface area contributed by atoms with Gasteiger partial charge < -0.3 is 16.0 Å². The number of aryl methyl sites for hydroxylation is 1. The van der Waals surface area contributed by atoms with E-state index in [1.807, 2.05) is 44.2 Å². The Labute approximate surface area is 198 Å². The van der Waals surface area contributed by atoms with Crippen LogP contribution in [0, 0.1) is 18.8 Å². The Morgan fingerprint density at radius 1 is 1.12 bits per heavy atom. The average molecular weight is 444 g/mol. The average Bonchev–Trinajstić information content (AvgIpc) is 3.61. The summed E-state index contributed by atoms with van der Waals surface area (Å²) in [5, 5.41) is 3.07. The highest BCUT2D eigenvalue weighted by Crippen LogP contribution is 2.54. The van der Waals surface area contributed by atoms with Crippen LogP contribution in [-0.2, 0) is 0 Å². The van der Waals surface area contributed by atoms with E-state index in [1.54, 1.807) is 0 Å². The van der Waals surface area contributed by atoms with E-state index in [0.29, 0.717) is 5.92 Å². The lowest BCUT2D eigenvalue weighted by molar-refractivity contribution is 0.0966. The van der Waals surface area contributed by atoms with Gasteiger partial charge in [-0.05, 0) is 124 Å². The predicted octanol–water partition coefficient (Wildman–Crippen LogP) is 5.55. The van der Waals surface area contributed by atoms with E-state index in [2.05, 4.69) is 48.5 Å². The van der Waals surface area contributed by atoms with Crippen molar-refractivity contribution < 1.29 is 4.79 Å². The molecule has 1 aliphatic carbocycles. The number of carbonyl (C=O) groups excluding carboxylic acids is 1. The lowest BCUT2D eigenvalue weighted by Crippen LogP contribution is -2.31. The van der Waals surface area contributed by atoms with Gasteiger partial charge in [0, 0.05) is 17.0 Å². The first-order chi connectivity index (χ1) is 15.9. The third-order valence-electron chi connectivity index (χ3n) is 7.39. The number of likely N-dealkylation sites (tertiary alicyclic amines) is 1. The Bertz CT molecular complexity index is 1080. The molecule has 1 aliphatic heterocycles. The number of rotatable bonds is 6. The van der Waals surface area contributed by atoms with Crippen LogP contribution in [0.1, 0.15) is 71.6 Å². The third-order valence-corrected chi connectivity index (χ3v) is 7.39. The van der Waals surface area contributed by atoms with E-state index in [1.165, 1.54) is 37.9 Å². The Morgan fingerprint density at radius 3 is 2.61 bits per heavy atom. The van der Waals surface area contributed by atoms with Crippen LogP contribution in [0.5, 0.6) is 0 Å². The maximum absolute atomic E-state index is 13.0. The van der Waals surface area contributed by atoms with E-state index in [0.717, 1.165) is 45.5 Å². The number of nitrogens with zero attached hydrogens (tertiary/aromatic N) is 1. The van der Waals surface area contributed by atoms with Gasteiger partial charge in [-0.1, -0.05) is 30.3 Å². The van der Waals surface area contributed by atoms with Gasteiger partial charge in [-0.25, -0.2) is 0 Å². The largest absolute Gasteiger partial charge is 0.399 e. The standard InChI is InChI=1S/C29H37N3O/c1-5-28(30)23-10-9-19(2)25(17-23)15-20(3)31-29(33)24-8-6-7-22(16-24)27-18-26(27)21-11-13-32(4)14-12-21/h5-10,15-17,21,26-27H,11-14,18,30H2,1-4H3,(H,31,33)/b20-15+,28-5-. The highest BCUT2D eigenvalue weighted by atomic mass is 16.1. The number of carbonyl (C=O) groups is 1. The van der Waals surface area contributed by atoms with Crippen molar-refractivity contribution in [1.29, 1.82) is 0 Å². The highest BCUT2D eigenvalue weighted by Gasteiger charge is 2.44. The molecular weight excluding hydrogens is 406 g/mol. The fourth-order valence-corrected chi connectivity index (χ4v) is 5.15. The summed E-state index contributed by atoms with van der Waals surface area (Å²) in [7, 11) is 2.22. The molecule has 2 aliphatic rings. The zero-order valence-corrected chi connectivity index (χ0v) is 20.4. The molecule has 33 heavy (non-hydrogen) atoms. The molecule has 0 radical (unpaired) electrons. The van der Waals surface area contributed by atoms with Crippen LogP contribution in [0.3, 0.4) is 0 Å². The van der Waals surface area contributed by atoms with Crippen LogP contribution in [0.2, 0.25) is 0 Å². The number of allylic oxidation sites excluding steroid dienone is 2. The van der Waals surface area contributed by atoms with Gasteiger partial charge in [-0.3, -0.25) is 4.79 Å². The summed E-state index contributed by atoms with van der Waals surface area (Å²) in [6.45, 7) is 8.36. The van der Waals surface area contributed by atoms with Gasteiger partial charge in [0.2, 0.25) is 0 Å². The minimum Gasteiger partial charge on any atom is -0.399 e. The summed E-state index contributed by atoms with van der Waals surface area (Å²) in [5.74, 6) is 2.19. The zero-order valence-electron chi connectivity index (χ0n) is 20.4. The van der Waals surface area contributed by atoms with Crippen molar-refractivity contribution in [1.82, 2.24) is 10.2 Å². The van der Waals surface area contributed by atoms with Gasteiger partial charge in [0.25, 0.3) is 5.91 Å². The molecule has 4 heteroatoms. The van der Waals surface area contributed by atoms with Crippen LogP contribution in [0.15, 0.2) is 54.2 Å². The van der Waals surface area contributed by atoms with E-state index >= 15 is 0 Å². The third kappa shape index (κ3) is 5.56. The number of benzene rings is 2. The van der Waals surface area contributed by atoms with Gasteiger partial charge in [0.05, 0.1) is 0 Å². The fraction of sp³-hybridized carbons (Fsp3) is 0.414. The predicted molar refractivity (Wildman–Crippen MR) is 138 cm³/mol. The highest BCUT2D eigenvalue weighted by molar-refractivity contribution is 5.96. The molecule has 2 aromatic rings. The van der Waals surface area contributed by atoms with Gasteiger partial charge in [-0.15, -0.1) is 0 Å². The van der Waals surface area contributed by atoms with Crippen molar-refractivity contribution in [2.75, 3.05) is 20.1 Å². The summed E-state index contributed by atoms with van der Waals surface area (Å²) in [4.78, 5) is 15.4. The summed E-state index contributed by atoms with van der Waals surface area (Å²) in [5.41, 5.74) is 12.9. The molecule has 2 atom stereocenters. The molecule has 174 valence electrons. The molecular formula is C29H37N3O. The van der Waals surface area contributed by atoms with E-state index in [4.69, 9.17) is 5.73 Å². The molecule has 0 spiro atoms. The molecule has 2 fully saturated rings. The van der Waals surface area contributed by atoms with Crippen molar-refractivity contribution in [3.63, 3.8) is 0 Å². The second-order valence-corrected chi connectivity index (χ2v) is 9.87. The lowest BCUT2D eigenvalue weighted by Gasteiger charge is -2.29. The van der Waals surface area contributed by atoms with Crippen molar-refractivity contribution in [2.45, 2.75) is 46.0 Å². The topological polar surface area (TPSA) is 58.4 Å². The van der Waals surface area contributed by atoms with E-state index < -0.39 is 0 Å². The van der Waals surface area contributed by atoms with Crippen molar-refractivity contribution in [2.24, 2.45) is 17.6 Å². The molecule has 2 aromatic carbocycles. The van der Waals surface area contributed by atoms with Gasteiger partial charge in [-0.2, -0.15) is 0 Å². The van der Waals surface area contributed by atoms with Gasteiger partial charge in [0.15, 0.2) is 0 Å². The van der Waals surface area contributed by atoms with Crippen molar-refractivity contribution in [3.05, 3.63) is 82.1 Å². The molecule has 4 rings (SSSR count). The molecule has 1 saturated carbocycles. The number of nitrogens with two attached hydrogens (primary N) is 1. The zero-order chi connectivity index (χ0) is 23.5. The first kappa shape index (κ1) is 23.3.